The maximum atomic E-state index is 8.28. The predicted molar refractivity (Wildman–Crippen MR) is 45.5 cm³/mol. The molecule has 0 spiro atoms. The summed E-state index contributed by atoms with van der Waals surface area (Å²) in [6, 6.07) is 1.89. The Labute approximate surface area is 73.1 Å². The van der Waals surface area contributed by atoms with Gasteiger partial charge in [0.15, 0.2) is 0 Å². The molecule has 0 aliphatic carbocycles. The molecular weight excluding hydrogens is 162 g/mol. The Hall–Kier alpha value is -0.260. The van der Waals surface area contributed by atoms with Crippen molar-refractivity contribution in [3.63, 3.8) is 0 Å². The van der Waals surface area contributed by atoms with Gasteiger partial charge in [-0.25, -0.2) is 0 Å². The molecule has 0 aromatic heterocycles. The van der Waals surface area contributed by atoms with Gasteiger partial charge in [-0.2, -0.15) is 5.26 Å². The largest absolute Gasteiger partial charge is 0.379 e. The number of alkyl halides is 1. The molecule has 1 atom stereocenters. The molecule has 0 rings (SSSR count). The van der Waals surface area contributed by atoms with Crippen molar-refractivity contribution < 1.29 is 4.74 Å². The van der Waals surface area contributed by atoms with Crippen molar-refractivity contribution in [1.29, 1.82) is 5.26 Å². The molecule has 0 saturated carbocycles. The summed E-state index contributed by atoms with van der Waals surface area (Å²) in [5.41, 5.74) is 0. The van der Waals surface area contributed by atoms with Crippen LogP contribution in [0.2, 0.25) is 0 Å². The second-order valence-corrected chi connectivity index (χ2v) is 3.38. The fourth-order valence-corrected chi connectivity index (χ4v) is 0.632. The molecule has 0 aromatic rings. The van der Waals surface area contributed by atoms with E-state index in [1.807, 2.05) is 6.07 Å². The zero-order chi connectivity index (χ0) is 8.69. The monoisotopic (exact) mass is 175 g/mol. The average molecular weight is 176 g/mol. The zero-order valence-corrected chi connectivity index (χ0v) is 7.77. The summed E-state index contributed by atoms with van der Waals surface area (Å²) < 4.78 is 5.14. The van der Waals surface area contributed by atoms with Gasteiger partial charge in [-0.1, -0.05) is 13.8 Å². The van der Waals surface area contributed by atoms with Crippen LogP contribution in [0.1, 0.15) is 20.3 Å². The first-order chi connectivity index (χ1) is 5.16. The number of nitrogens with zero attached hydrogens (tertiary/aromatic N) is 1. The van der Waals surface area contributed by atoms with E-state index in [0.717, 1.165) is 6.42 Å². The van der Waals surface area contributed by atoms with Crippen LogP contribution in [0, 0.1) is 17.2 Å². The number of hydrogen-bond acceptors (Lipinski definition) is 2. The summed E-state index contributed by atoms with van der Waals surface area (Å²) in [6.45, 7) is 5.30. The number of ether oxygens (including phenoxy) is 1. The van der Waals surface area contributed by atoms with Crippen LogP contribution in [-0.2, 0) is 4.74 Å². The molecule has 0 heterocycles. The first-order valence-corrected chi connectivity index (χ1v) is 4.22. The van der Waals surface area contributed by atoms with Gasteiger partial charge >= 0.3 is 0 Å². The molecule has 0 aliphatic rings. The molecular formula is C8H14ClNO. The summed E-state index contributed by atoms with van der Waals surface area (Å²) in [4.78, 5) is 0. The van der Waals surface area contributed by atoms with Gasteiger partial charge in [0.1, 0.15) is 5.38 Å². The second-order valence-electron chi connectivity index (χ2n) is 2.85. The third-order valence-corrected chi connectivity index (χ3v) is 1.47. The Morgan fingerprint density at radius 3 is 2.64 bits per heavy atom. The van der Waals surface area contributed by atoms with E-state index in [9.17, 15) is 0 Å². The maximum Gasteiger partial charge on any atom is 0.143 e. The Bertz CT molecular complexity index is 131. The average Bonchev–Trinajstić information content (AvgIpc) is 1.97. The maximum absolute atomic E-state index is 8.28. The highest BCUT2D eigenvalue weighted by molar-refractivity contribution is 6.22. The molecule has 0 N–H and O–H groups in total. The van der Waals surface area contributed by atoms with Crippen LogP contribution < -0.4 is 0 Å². The highest BCUT2D eigenvalue weighted by Gasteiger charge is 2.01. The van der Waals surface area contributed by atoms with E-state index in [2.05, 4.69) is 13.8 Å². The normalized spacial score (nSPS) is 13.0. The van der Waals surface area contributed by atoms with Gasteiger partial charge in [0, 0.05) is 6.61 Å². The van der Waals surface area contributed by atoms with Crippen LogP contribution in [0.3, 0.4) is 0 Å². The number of nitriles is 1. The highest BCUT2D eigenvalue weighted by Crippen LogP contribution is 2.00. The smallest absolute Gasteiger partial charge is 0.143 e. The van der Waals surface area contributed by atoms with E-state index in [0.29, 0.717) is 19.1 Å². The molecule has 11 heavy (non-hydrogen) atoms. The van der Waals surface area contributed by atoms with Crippen LogP contribution in [0.15, 0.2) is 0 Å². The molecule has 0 fully saturated rings. The van der Waals surface area contributed by atoms with Crippen LogP contribution in [-0.4, -0.2) is 18.6 Å². The van der Waals surface area contributed by atoms with E-state index in [1.165, 1.54) is 0 Å². The quantitative estimate of drug-likeness (QED) is 0.474. The van der Waals surface area contributed by atoms with Gasteiger partial charge in [-0.3, -0.25) is 0 Å². The lowest BCUT2D eigenvalue weighted by molar-refractivity contribution is 0.130. The third kappa shape index (κ3) is 7.64. The number of hydrogen-bond donors (Lipinski definition) is 0. The molecule has 0 aromatic carbocycles. The SMILES string of the molecule is CC(C)CCOCC(Cl)C#N. The van der Waals surface area contributed by atoms with Crippen molar-refractivity contribution in [1.82, 2.24) is 0 Å². The van der Waals surface area contributed by atoms with Gasteiger partial charge in [-0.15, -0.1) is 11.6 Å². The lowest BCUT2D eigenvalue weighted by Crippen LogP contribution is -2.08. The fourth-order valence-electron chi connectivity index (χ4n) is 0.543. The molecule has 0 saturated heterocycles. The van der Waals surface area contributed by atoms with Crippen molar-refractivity contribution in [2.75, 3.05) is 13.2 Å². The minimum atomic E-state index is -0.498. The summed E-state index contributed by atoms with van der Waals surface area (Å²) in [7, 11) is 0. The summed E-state index contributed by atoms with van der Waals surface area (Å²) >= 11 is 5.49. The molecule has 0 bridgehead atoms. The highest BCUT2D eigenvalue weighted by atomic mass is 35.5. The van der Waals surface area contributed by atoms with Crippen molar-refractivity contribution in [2.45, 2.75) is 25.6 Å². The fraction of sp³-hybridized carbons (Fsp3) is 0.875. The van der Waals surface area contributed by atoms with E-state index in [1.54, 1.807) is 0 Å². The van der Waals surface area contributed by atoms with E-state index >= 15 is 0 Å². The van der Waals surface area contributed by atoms with Crippen LogP contribution in [0.4, 0.5) is 0 Å². The van der Waals surface area contributed by atoms with E-state index in [4.69, 9.17) is 21.6 Å². The predicted octanol–water partition coefficient (Wildman–Crippen LogP) is 2.18. The van der Waals surface area contributed by atoms with Crippen LogP contribution >= 0.6 is 11.6 Å². The lowest BCUT2D eigenvalue weighted by Gasteiger charge is -2.05. The van der Waals surface area contributed by atoms with Crippen molar-refractivity contribution in [3.05, 3.63) is 0 Å². The Balaban J connectivity index is 3.10. The summed E-state index contributed by atoms with van der Waals surface area (Å²) in [6.07, 6.45) is 1.02. The van der Waals surface area contributed by atoms with E-state index in [-0.39, 0.29) is 0 Å². The Kier molecular flexibility index (Phi) is 6.30. The number of rotatable bonds is 5. The Morgan fingerprint density at radius 2 is 2.18 bits per heavy atom. The lowest BCUT2D eigenvalue weighted by atomic mass is 10.1. The van der Waals surface area contributed by atoms with Crippen molar-refractivity contribution >= 4 is 11.6 Å². The molecule has 0 radical (unpaired) electrons. The van der Waals surface area contributed by atoms with Gasteiger partial charge in [0.25, 0.3) is 0 Å². The minimum Gasteiger partial charge on any atom is -0.379 e. The van der Waals surface area contributed by atoms with Gasteiger partial charge < -0.3 is 4.74 Å². The number of halogens is 1. The van der Waals surface area contributed by atoms with Crippen molar-refractivity contribution in [3.8, 4) is 6.07 Å². The molecule has 0 aliphatic heterocycles. The summed E-state index contributed by atoms with van der Waals surface area (Å²) in [5, 5.41) is 7.78. The first kappa shape index (κ1) is 10.7. The summed E-state index contributed by atoms with van der Waals surface area (Å²) in [5.74, 6) is 0.644. The Morgan fingerprint density at radius 1 is 1.55 bits per heavy atom. The molecule has 2 nitrogen and oxygen atoms in total. The topological polar surface area (TPSA) is 33.0 Å². The first-order valence-electron chi connectivity index (χ1n) is 3.78. The zero-order valence-electron chi connectivity index (χ0n) is 7.01. The standard InChI is InChI=1S/C8H14ClNO/c1-7(2)3-4-11-6-8(9)5-10/h7-8H,3-4,6H2,1-2H3. The molecule has 64 valence electrons. The molecule has 1 unspecified atom stereocenters. The second kappa shape index (κ2) is 6.45. The molecule has 3 heteroatoms. The van der Waals surface area contributed by atoms with Gasteiger partial charge in [-0.05, 0) is 12.3 Å². The van der Waals surface area contributed by atoms with E-state index < -0.39 is 5.38 Å². The third-order valence-electron chi connectivity index (χ3n) is 1.24. The minimum absolute atomic E-state index is 0.338. The van der Waals surface area contributed by atoms with Crippen LogP contribution in [0.25, 0.3) is 0 Å². The van der Waals surface area contributed by atoms with Gasteiger partial charge in [0.05, 0.1) is 12.7 Å². The molecule has 0 amide bonds. The van der Waals surface area contributed by atoms with Crippen molar-refractivity contribution in [2.24, 2.45) is 5.92 Å². The van der Waals surface area contributed by atoms with Crippen LogP contribution in [0.5, 0.6) is 0 Å². The van der Waals surface area contributed by atoms with Gasteiger partial charge in [0.2, 0.25) is 0 Å².